The molecule has 0 rings (SSSR count). The van der Waals surface area contributed by atoms with Crippen LogP contribution in [0.2, 0.25) is 0 Å². The van der Waals surface area contributed by atoms with Gasteiger partial charge < -0.3 is 15.5 Å². The van der Waals surface area contributed by atoms with Crippen molar-refractivity contribution >= 4 is 0 Å². The van der Waals surface area contributed by atoms with E-state index in [4.69, 9.17) is 10.2 Å². The van der Waals surface area contributed by atoms with E-state index in [9.17, 15) is 0 Å². The summed E-state index contributed by atoms with van der Waals surface area (Å²) in [5, 5.41) is 20.6. The van der Waals surface area contributed by atoms with E-state index < -0.39 is 0 Å². The molecule has 0 aromatic rings. The Morgan fingerprint density at radius 1 is 1.50 bits per heavy atom. The Kier molecular flexibility index (Phi) is 3.86. The van der Waals surface area contributed by atoms with Crippen LogP contribution in [0.1, 0.15) is 20.8 Å². The van der Waals surface area contributed by atoms with Crippen molar-refractivity contribution < 1.29 is 10.2 Å². The van der Waals surface area contributed by atoms with Crippen molar-refractivity contribution in [1.82, 2.24) is 5.32 Å². The molecule has 62 valence electrons. The van der Waals surface area contributed by atoms with Gasteiger partial charge in [-0.3, -0.25) is 0 Å². The summed E-state index contributed by atoms with van der Waals surface area (Å²) in [4.78, 5) is 0. The van der Waals surface area contributed by atoms with Crippen molar-refractivity contribution in [1.29, 1.82) is 0 Å². The third-order valence-corrected chi connectivity index (χ3v) is 1.27. The first-order valence-electron chi connectivity index (χ1n) is 3.52. The van der Waals surface area contributed by atoms with E-state index in [0.29, 0.717) is 6.54 Å². The SMILES string of the molecule is C[C@H](O)CNC(C)(C)CO. The zero-order valence-corrected chi connectivity index (χ0v) is 6.89. The lowest BCUT2D eigenvalue weighted by Gasteiger charge is -2.24. The molecular formula is C7H17NO2. The third-order valence-electron chi connectivity index (χ3n) is 1.27. The second kappa shape index (κ2) is 3.91. The highest BCUT2D eigenvalue weighted by molar-refractivity contribution is 4.76. The molecule has 3 N–H and O–H groups in total. The van der Waals surface area contributed by atoms with Crippen LogP contribution in [0.25, 0.3) is 0 Å². The van der Waals surface area contributed by atoms with Gasteiger partial charge in [-0.25, -0.2) is 0 Å². The lowest BCUT2D eigenvalue weighted by atomic mass is 10.1. The number of aliphatic hydroxyl groups excluding tert-OH is 2. The molecule has 0 aromatic carbocycles. The predicted molar refractivity (Wildman–Crippen MR) is 40.8 cm³/mol. The Labute approximate surface area is 62.1 Å². The number of β-amino-alcohol motifs (C(OH)–C–C–N with tert-alkyl or cyclic N) is 1. The highest BCUT2D eigenvalue weighted by atomic mass is 16.3. The lowest BCUT2D eigenvalue weighted by Crippen LogP contribution is -2.45. The standard InChI is InChI=1S/C7H17NO2/c1-6(10)4-8-7(2,3)5-9/h6,8-10H,4-5H2,1-3H3/t6-/m0/s1. The largest absolute Gasteiger partial charge is 0.394 e. The molecule has 3 nitrogen and oxygen atoms in total. The Morgan fingerprint density at radius 2 is 2.00 bits per heavy atom. The maximum absolute atomic E-state index is 8.87. The van der Waals surface area contributed by atoms with E-state index in [2.05, 4.69) is 5.32 Å². The molecule has 0 aromatic heterocycles. The van der Waals surface area contributed by atoms with Crippen molar-refractivity contribution in [2.75, 3.05) is 13.2 Å². The maximum atomic E-state index is 8.87. The minimum atomic E-state index is -0.356. The van der Waals surface area contributed by atoms with Gasteiger partial charge in [0, 0.05) is 12.1 Å². The summed E-state index contributed by atoms with van der Waals surface area (Å²) in [6, 6.07) is 0. The zero-order chi connectivity index (χ0) is 8.20. The Hall–Kier alpha value is -0.120. The van der Waals surface area contributed by atoms with Crippen LogP contribution in [0.15, 0.2) is 0 Å². The van der Waals surface area contributed by atoms with Gasteiger partial charge in [0.2, 0.25) is 0 Å². The Balaban J connectivity index is 3.46. The van der Waals surface area contributed by atoms with Crippen LogP contribution in [0, 0.1) is 0 Å². The summed E-state index contributed by atoms with van der Waals surface area (Å²) in [6.07, 6.45) is -0.356. The summed E-state index contributed by atoms with van der Waals surface area (Å²) in [5.41, 5.74) is -0.281. The summed E-state index contributed by atoms with van der Waals surface area (Å²) < 4.78 is 0. The Bertz CT molecular complexity index is 91.6. The molecule has 3 heteroatoms. The van der Waals surface area contributed by atoms with E-state index in [1.807, 2.05) is 13.8 Å². The molecule has 0 aliphatic rings. The molecule has 0 spiro atoms. The average molecular weight is 147 g/mol. The zero-order valence-electron chi connectivity index (χ0n) is 6.89. The molecule has 0 aliphatic heterocycles. The predicted octanol–water partition coefficient (Wildman–Crippen LogP) is -0.272. The number of hydrogen-bond acceptors (Lipinski definition) is 3. The van der Waals surface area contributed by atoms with Crippen molar-refractivity contribution in [3.8, 4) is 0 Å². The van der Waals surface area contributed by atoms with E-state index >= 15 is 0 Å². The molecule has 0 saturated heterocycles. The van der Waals surface area contributed by atoms with Crippen LogP contribution in [-0.2, 0) is 0 Å². The smallest absolute Gasteiger partial charge is 0.0636 e. The van der Waals surface area contributed by atoms with Crippen LogP contribution >= 0.6 is 0 Å². The molecule has 0 fully saturated rings. The highest BCUT2D eigenvalue weighted by Gasteiger charge is 2.14. The van der Waals surface area contributed by atoms with Crippen LogP contribution in [0.5, 0.6) is 0 Å². The molecular weight excluding hydrogens is 130 g/mol. The molecule has 0 amide bonds. The van der Waals surface area contributed by atoms with Crippen LogP contribution in [-0.4, -0.2) is 35.0 Å². The van der Waals surface area contributed by atoms with Gasteiger partial charge in [0.15, 0.2) is 0 Å². The number of hydrogen-bond donors (Lipinski definition) is 3. The van der Waals surface area contributed by atoms with Gasteiger partial charge in [-0.05, 0) is 20.8 Å². The van der Waals surface area contributed by atoms with Gasteiger partial charge >= 0.3 is 0 Å². The first kappa shape index (κ1) is 9.88. The first-order chi connectivity index (χ1) is 4.48. The van der Waals surface area contributed by atoms with E-state index in [-0.39, 0.29) is 18.2 Å². The minimum Gasteiger partial charge on any atom is -0.394 e. The van der Waals surface area contributed by atoms with E-state index in [1.54, 1.807) is 6.92 Å². The number of nitrogens with one attached hydrogen (secondary N) is 1. The monoisotopic (exact) mass is 147 g/mol. The fourth-order valence-electron chi connectivity index (χ4n) is 0.480. The van der Waals surface area contributed by atoms with Crippen LogP contribution in [0.3, 0.4) is 0 Å². The summed E-state index contributed by atoms with van der Waals surface area (Å²) in [5.74, 6) is 0. The van der Waals surface area contributed by atoms with Gasteiger partial charge in [0.25, 0.3) is 0 Å². The lowest BCUT2D eigenvalue weighted by molar-refractivity contribution is 0.146. The van der Waals surface area contributed by atoms with Crippen molar-refractivity contribution in [3.05, 3.63) is 0 Å². The minimum absolute atomic E-state index is 0.0831. The summed E-state index contributed by atoms with van der Waals surface area (Å²) in [7, 11) is 0. The van der Waals surface area contributed by atoms with Gasteiger partial charge in [0.1, 0.15) is 0 Å². The quantitative estimate of drug-likeness (QED) is 0.513. The van der Waals surface area contributed by atoms with E-state index in [1.165, 1.54) is 0 Å². The third kappa shape index (κ3) is 4.73. The summed E-state index contributed by atoms with van der Waals surface area (Å²) >= 11 is 0. The molecule has 0 radical (unpaired) electrons. The molecule has 0 heterocycles. The van der Waals surface area contributed by atoms with Gasteiger partial charge in [0.05, 0.1) is 12.7 Å². The fourth-order valence-corrected chi connectivity index (χ4v) is 0.480. The van der Waals surface area contributed by atoms with Crippen LogP contribution < -0.4 is 5.32 Å². The first-order valence-corrected chi connectivity index (χ1v) is 3.52. The Morgan fingerprint density at radius 3 is 2.30 bits per heavy atom. The van der Waals surface area contributed by atoms with Gasteiger partial charge in [-0.15, -0.1) is 0 Å². The van der Waals surface area contributed by atoms with E-state index in [0.717, 1.165) is 0 Å². The molecule has 0 saturated carbocycles. The number of aliphatic hydroxyl groups is 2. The molecule has 0 aliphatic carbocycles. The van der Waals surface area contributed by atoms with Crippen molar-refractivity contribution in [2.45, 2.75) is 32.4 Å². The average Bonchev–Trinajstić information content (AvgIpc) is 1.85. The normalized spacial score (nSPS) is 15.3. The summed E-state index contributed by atoms with van der Waals surface area (Å²) in [6.45, 7) is 6.08. The topological polar surface area (TPSA) is 52.5 Å². The van der Waals surface area contributed by atoms with Crippen molar-refractivity contribution in [2.24, 2.45) is 0 Å². The van der Waals surface area contributed by atoms with Crippen molar-refractivity contribution in [3.63, 3.8) is 0 Å². The molecule has 0 bridgehead atoms. The number of rotatable bonds is 4. The fraction of sp³-hybridized carbons (Fsp3) is 1.00. The second-order valence-corrected chi connectivity index (χ2v) is 3.27. The highest BCUT2D eigenvalue weighted by Crippen LogP contribution is 1.98. The second-order valence-electron chi connectivity index (χ2n) is 3.27. The van der Waals surface area contributed by atoms with Gasteiger partial charge in [-0.2, -0.15) is 0 Å². The molecule has 1 atom stereocenters. The van der Waals surface area contributed by atoms with Crippen LogP contribution in [0.4, 0.5) is 0 Å². The molecule has 0 unspecified atom stereocenters. The maximum Gasteiger partial charge on any atom is 0.0636 e. The molecule has 10 heavy (non-hydrogen) atoms. The van der Waals surface area contributed by atoms with Gasteiger partial charge in [-0.1, -0.05) is 0 Å².